The minimum atomic E-state index is 0.253. The maximum absolute atomic E-state index is 11.5. The Kier molecular flexibility index (Phi) is 4.06. The van der Waals surface area contributed by atoms with Gasteiger partial charge in [0.1, 0.15) is 0 Å². The van der Waals surface area contributed by atoms with Crippen LogP contribution in [0.3, 0.4) is 0 Å². The highest BCUT2D eigenvalue weighted by atomic mass is 16.1. The Labute approximate surface area is 91.5 Å². The van der Waals surface area contributed by atoms with Crippen LogP contribution in [0.15, 0.2) is 12.4 Å². The Morgan fingerprint density at radius 2 is 2.07 bits per heavy atom. The van der Waals surface area contributed by atoms with Gasteiger partial charge in [0, 0.05) is 12.6 Å². The predicted octanol–water partition coefficient (Wildman–Crippen LogP) is 2.62. The summed E-state index contributed by atoms with van der Waals surface area (Å²) in [7, 11) is 0. The van der Waals surface area contributed by atoms with Crippen molar-refractivity contribution >= 4 is 5.78 Å². The lowest BCUT2D eigenvalue weighted by atomic mass is 10.1. The molecule has 1 heterocycles. The fraction of sp³-hybridized carbons (Fsp3) is 0.667. The van der Waals surface area contributed by atoms with Crippen molar-refractivity contribution in [2.24, 2.45) is 5.92 Å². The van der Waals surface area contributed by atoms with Gasteiger partial charge in [-0.15, -0.1) is 0 Å². The summed E-state index contributed by atoms with van der Waals surface area (Å²) < 4.78 is 1.74. The van der Waals surface area contributed by atoms with E-state index in [2.05, 4.69) is 32.8 Å². The maximum Gasteiger partial charge on any atom is 0.154 e. The lowest BCUT2D eigenvalue weighted by molar-refractivity contribution is -0.120. The van der Waals surface area contributed by atoms with Crippen LogP contribution >= 0.6 is 0 Å². The number of hydrogen-bond donors (Lipinski definition) is 0. The van der Waals surface area contributed by atoms with Crippen molar-refractivity contribution in [2.45, 2.75) is 46.6 Å². The average molecular weight is 208 g/mol. The van der Waals surface area contributed by atoms with Crippen molar-refractivity contribution < 1.29 is 4.79 Å². The lowest BCUT2D eigenvalue weighted by Gasteiger charge is -2.03. The van der Waals surface area contributed by atoms with Crippen molar-refractivity contribution in [3.05, 3.63) is 18.0 Å². The Bertz CT molecular complexity index is 326. The van der Waals surface area contributed by atoms with Crippen LogP contribution in [0.5, 0.6) is 0 Å². The number of carbonyl (C=O) groups excluding carboxylic acids is 1. The van der Waals surface area contributed by atoms with Crippen molar-refractivity contribution in [3.8, 4) is 0 Å². The molecule has 0 spiro atoms. The molecular formula is C12H20N2O. The predicted molar refractivity (Wildman–Crippen MR) is 60.8 cm³/mol. The van der Waals surface area contributed by atoms with Gasteiger partial charge >= 0.3 is 0 Å². The van der Waals surface area contributed by atoms with Crippen LogP contribution in [0, 0.1) is 5.92 Å². The van der Waals surface area contributed by atoms with E-state index in [-0.39, 0.29) is 5.78 Å². The van der Waals surface area contributed by atoms with Crippen molar-refractivity contribution in [2.75, 3.05) is 0 Å². The minimum Gasteiger partial charge on any atom is -0.298 e. The summed E-state index contributed by atoms with van der Waals surface area (Å²) in [5, 5.41) is 4.18. The fourth-order valence-electron chi connectivity index (χ4n) is 1.46. The molecule has 0 saturated heterocycles. The summed E-state index contributed by atoms with van der Waals surface area (Å²) in [4.78, 5) is 11.5. The fourth-order valence-corrected chi connectivity index (χ4v) is 1.46. The topological polar surface area (TPSA) is 34.9 Å². The first kappa shape index (κ1) is 12.0. The molecule has 0 fully saturated rings. The summed E-state index contributed by atoms with van der Waals surface area (Å²) in [5.41, 5.74) is 1.19. The number of aromatic nitrogens is 2. The van der Waals surface area contributed by atoms with E-state index in [1.807, 2.05) is 12.4 Å². The summed E-state index contributed by atoms with van der Waals surface area (Å²) >= 11 is 0. The van der Waals surface area contributed by atoms with E-state index in [1.165, 1.54) is 5.56 Å². The highest BCUT2D eigenvalue weighted by Gasteiger charge is 2.08. The van der Waals surface area contributed by atoms with Gasteiger partial charge in [0.25, 0.3) is 0 Å². The Hall–Kier alpha value is -1.12. The molecule has 0 aliphatic carbocycles. The number of ketones is 1. The standard InChI is InChI=1S/C12H20N2O/c1-9(2)5-12(15)8-14-7-11(6-13-14)10(3)4/h6-7,9-10H,5,8H2,1-4H3. The summed E-state index contributed by atoms with van der Waals surface area (Å²) in [6.07, 6.45) is 4.44. The van der Waals surface area contributed by atoms with Crippen molar-refractivity contribution in [1.82, 2.24) is 9.78 Å². The van der Waals surface area contributed by atoms with Gasteiger partial charge in [-0.05, 0) is 17.4 Å². The number of hydrogen-bond acceptors (Lipinski definition) is 2. The Morgan fingerprint density at radius 3 is 2.53 bits per heavy atom. The summed E-state index contributed by atoms with van der Waals surface area (Å²) in [5.74, 6) is 1.15. The van der Waals surface area contributed by atoms with Gasteiger partial charge in [-0.3, -0.25) is 9.48 Å². The van der Waals surface area contributed by atoms with E-state index in [4.69, 9.17) is 0 Å². The zero-order valence-corrected chi connectivity index (χ0v) is 10.0. The van der Waals surface area contributed by atoms with Gasteiger partial charge in [-0.2, -0.15) is 5.10 Å². The molecule has 3 nitrogen and oxygen atoms in total. The highest BCUT2D eigenvalue weighted by Crippen LogP contribution is 2.12. The SMILES string of the molecule is CC(C)CC(=O)Cn1cc(C(C)C)cn1. The molecule has 1 aromatic rings. The van der Waals surface area contributed by atoms with E-state index in [1.54, 1.807) is 4.68 Å². The van der Waals surface area contributed by atoms with Gasteiger partial charge in [-0.25, -0.2) is 0 Å². The van der Waals surface area contributed by atoms with E-state index >= 15 is 0 Å². The molecule has 1 rings (SSSR count). The molecular weight excluding hydrogens is 188 g/mol. The van der Waals surface area contributed by atoms with Crippen LogP contribution in [0.2, 0.25) is 0 Å². The van der Waals surface area contributed by atoms with Crippen molar-refractivity contribution in [3.63, 3.8) is 0 Å². The van der Waals surface area contributed by atoms with Crippen LogP contribution in [-0.2, 0) is 11.3 Å². The molecule has 0 bridgehead atoms. The van der Waals surface area contributed by atoms with Gasteiger partial charge in [-0.1, -0.05) is 27.7 Å². The molecule has 0 saturated carbocycles. The second-order valence-electron chi connectivity index (χ2n) is 4.76. The third-order valence-corrected chi connectivity index (χ3v) is 2.29. The first-order valence-corrected chi connectivity index (χ1v) is 5.53. The molecule has 15 heavy (non-hydrogen) atoms. The normalized spacial score (nSPS) is 11.3. The van der Waals surface area contributed by atoms with Crippen molar-refractivity contribution in [1.29, 1.82) is 0 Å². The van der Waals surface area contributed by atoms with Gasteiger partial charge in [0.15, 0.2) is 5.78 Å². The van der Waals surface area contributed by atoms with E-state index in [9.17, 15) is 4.79 Å². The summed E-state index contributed by atoms with van der Waals surface area (Å²) in [6.45, 7) is 8.76. The monoisotopic (exact) mass is 208 g/mol. The maximum atomic E-state index is 11.5. The van der Waals surface area contributed by atoms with Crippen LogP contribution in [0.25, 0.3) is 0 Å². The Balaban J connectivity index is 2.53. The third-order valence-electron chi connectivity index (χ3n) is 2.29. The summed E-state index contributed by atoms with van der Waals surface area (Å²) in [6, 6.07) is 0. The number of Topliss-reactive ketones (excluding diaryl/α,β-unsaturated/α-hetero) is 1. The molecule has 0 amide bonds. The molecule has 0 atom stereocenters. The van der Waals surface area contributed by atoms with Crippen LogP contribution in [0.1, 0.15) is 45.6 Å². The van der Waals surface area contributed by atoms with Crippen LogP contribution in [-0.4, -0.2) is 15.6 Å². The minimum absolute atomic E-state index is 0.253. The smallest absolute Gasteiger partial charge is 0.154 e. The molecule has 3 heteroatoms. The quantitative estimate of drug-likeness (QED) is 0.745. The molecule has 0 N–H and O–H groups in total. The van der Waals surface area contributed by atoms with Gasteiger partial charge < -0.3 is 0 Å². The third kappa shape index (κ3) is 3.86. The number of rotatable bonds is 5. The largest absolute Gasteiger partial charge is 0.298 e. The molecule has 0 aliphatic heterocycles. The molecule has 0 aromatic carbocycles. The molecule has 0 radical (unpaired) electrons. The number of nitrogens with zero attached hydrogens (tertiary/aromatic N) is 2. The molecule has 0 unspecified atom stereocenters. The second-order valence-corrected chi connectivity index (χ2v) is 4.76. The Morgan fingerprint density at radius 1 is 1.40 bits per heavy atom. The first-order chi connectivity index (χ1) is 6.99. The van der Waals surface area contributed by atoms with E-state index in [0.29, 0.717) is 24.8 Å². The molecule has 0 aliphatic rings. The first-order valence-electron chi connectivity index (χ1n) is 5.53. The second kappa shape index (κ2) is 5.10. The average Bonchev–Trinajstić information content (AvgIpc) is 2.50. The van der Waals surface area contributed by atoms with E-state index < -0.39 is 0 Å². The van der Waals surface area contributed by atoms with Gasteiger partial charge in [0.05, 0.1) is 12.7 Å². The number of carbonyl (C=O) groups is 1. The van der Waals surface area contributed by atoms with E-state index in [0.717, 1.165) is 0 Å². The zero-order chi connectivity index (χ0) is 11.4. The highest BCUT2D eigenvalue weighted by molar-refractivity contribution is 5.78. The molecule has 84 valence electrons. The molecule has 1 aromatic heterocycles. The van der Waals surface area contributed by atoms with Gasteiger partial charge in [0.2, 0.25) is 0 Å². The van der Waals surface area contributed by atoms with Crippen LogP contribution in [0.4, 0.5) is 0 Å². The zero-order valence-electron chi connectivity index (χ0n) is 10.0. The lowest BCUT2D eigenvalue weighted by Crippen LogP contribution is -2.12. The van der Waals surface area contributed by atoms with Crippen LogP contribution < -0.4 is 0 Å².